The lowest BCUT2D eigenvalue weighted by Gasteiger charge is -2.35. The summed E-state index contributed by atoms with van der Waals surface area (Å²) in [5.41, 5.74) is 0. The largest absolute Gasteiger partial charge is 0.408 e. The van der Waals surface area contributed by atoms with E-state index < -0.39 is 0 Å². The Kier molecular flexibility index (Phi) is 4.93. The lowest BCUT2D eigenvalue weighted by atomic mass is 10.1. The van der Waals surface area contributed by atoms with Crippen LogP contribution in [-0.2, 0) is 11.5 Å². The Labute approximate surface area is 144 Å². The molecule has 3 heterocycles. The number of thiophene rings is 1. The number of aromatic nitrogens is 2. The van der Waals surface area contributed by atoms with Gasteiger partial charge in [-0.2, -0.15) is 0 Å². The molecule has 124 valence electrons. The van der Waals surface area contributed by atoms with Crippen LogP contribution in [0.5, 0.6) is 0 Å². The van der Waals surface area contributed by atoms with Crippen molar-refractivity contribution in [2.24, 2.45) is 5.92 Å². The number of hydrogen-bond acceptors (Lipinski definition) is 6. The smallest absolute Gasteiger partial charge is 0.288 e. The Balaban J connectivity index is 1.61. The highest BCUT2D eigenvalue weighted by atomic mass is 32.1. The topological polar surface area (TPSA) is 54.5 Å². The third-order valence-electron chi connectivity index (χ3n) is 3.85. The van der Waals surface area contributed by atoms with Gasteiger partial charge in [-0.05, 0) is 23.7 Å². The van der Waals surface area contributed by atoms with Gasteiger partial charge in [-0.3, -0.25) is 9.69 Å². The Morgan fingerprint density at radius 3 is 2.74 bits per heavy atom. The van der Waals surface area contributed by atoms with E-state index in [2.05, 4.69) is 10.00 Å². The standard InChI is InChI=1S/C15H20N4O2S2/c1-11(2)14(20)18-7-5-17(6-8-18)10-19-15(22)21-13(16-19)12-4-3-9-23-12/h3-4,9,11H,5-8,10H2,1-2H3. The second-order valence-electron chi connectivity index (χ2n) is 5.89. The molecule has 0 radical (unpaired) electrons. The van der Waals surface area contributed by atoms with Crippen molar-refractivity contribution in [2.75, 3.05) is 26.2 Å². The van der Waals surface area contributed by atoms with Crippen LogP contribution in [0.2, 0.25) is 0 Å². The minimum absolute atomic E-state index is 0.0547. The highest BCUT2D eigenvalue weighted by Gasteiger charge is 2.23. The van der Waals surface area contributed by atoms with E-state index in [1.165, 1.54) is 0 Å². The number of carbonyl (C=O) groups excluding carboxylic acids is 1. The fourth-order valence-electron chi connectivity index (χ4n) is 2.56. The Morgan fingerprint density at radius 1 is 1.39 bits per heavy atom. The molecule has 8 heteroatoms. The quantitative estimate of drug-likeness (QED) is 0.792. The molecular formula is C15H20N4O2S2. The summed E-state index contributed by atoms with van der Waals surface area (Å²) in [7, 11) is 0. The molecule has 0 aliphatic carbocycles. The molecule has 2 aromatic heterocycles. The van der Waals surface area contributed by atoms with E-state index in [-0.39, 0.29) is 11.8 Å². The third kappa shape index (κ3) is 3.70. The Morgan fingerprint density at radius 2 is 2.13 bits per heavy atom. The first-order chi connectivity index (χ1) is 11.0. The fraction of sp³-hybridized carbons (Fsp3) is 0.533. The van der Waals surface area contributed by atoms with Crippen LogP contribution in [0.4, 0.5) is 0 Å². The van der Waals surface area contributed by atoms with Crippen molar-refractivity contribution in [3.05, 3.63) is 22.4 Å². The van der Waals surface area contributed by atoms with Gasteiger partial charge in [-0.15, -0.1) is 16.4 Å². The first-order valence-corrected chi connectivity index (χ1v) is 8.96. The van der Waals surface area contributed by atoms with Gasteiger partial charge in [0.05, 0.1) is 11.5 Å². The summed E-state index contributed by atoms with van der Waals surface area (Å²) < 4.78 is 7.29. The van der Waals surface area contributed by atoms with E-state index >= 15 is 0 Å². The second kappa shape index (κ2) is 6.94. The number of rotatable bonds is 4. The van der Waals surface area contributed by atoms with Crippen molar-refractivity contribution in [3.63, 3.8) is 0 Å². The maximum atomic E-state index is 12.0. The van der Waals surface area contributed by atoms with Crippen LogP contribution in [0.1, 0.15) is 13.8 Å². The summed E-state index contributed by atoms with van der Waals surface area (Å²) in [5.74, 6) is 0.848. The van der Waals surface area contributed by atoms with Crippen LogP contribution in [0, 0.1) is 10.8 Å². The lowest BCUT2D eigenvalue weighted by molar-refractivity contribution is -0.136. The summed E-state index contributed by atoms with van der Waals surface area (Å²) in [6.07, 6.45) is 0. The van der Waals surface area contributed by atoms with E-state index in [1.807, 2.05) is 36.3 Å². The molecule has 1 amide bonds. The normalized spacial score (nSPS) is 16.2. The first-order valence-electron chi connectivity index (χ1n) is 7.67. The molecule has 1 fully saturated rings. The van der Waals surface area contributed by atoms with Crippen LogP contribution in [-0.4, -0.2) is 51.7 Å². The predicted octanol–water partition coefficient (Wildman–Crippen LogP) is 2.69. The number of nitrogens with zero attached hydrogens (tertiary/aromatic N) is 4. The zero-order chi connectivity index (χ0) is 16.4. The summed E-state index contributed by atoms with van der Waals surface area (Å²) >= 11 is 6.84. The SMILES string of the molecule is CC(C)C(=O)N1CCN(Cn2nc(-c3cccs3)oc2=S)CC1. The van der Waals surface area contributed by atoms with Gasteiger partial charge in [-0.25, -0.2) is 4.68 Å². The molecule has 2 aromatic rings. The minimum Gasteiger partial charge on any atom is -0.408 e. The maximum Gasteiger partial charge on any atom is 0.288 e. The van der Waals surface area contributed by atoms with Gasteiger partial charge in [0.25, 0.3) is 10.7 Å². The summed E-state index contributed by atoms with van der Waals surface area (Å²) in [4.78, 5) is 17.5. The number of carbonyl (C=O) groups is 1. The van der Waals surface area contributed by atoms with Crippen molar-refractivity contribution in [1.82, 2.24) is 19.6 Å². The minimum atomic E-state index is 0.0547. The number of piperazine rings is 1. The Hall–Kier alpha value is -1.51. The molecule has 0 spiro atoms. The van der Waals surface area contributed by atoms with E-state index in [0.717, 1.165) is 31.1 Å². The van der Waals surface area contributed by atoms with Crippen molar-refractivity contribution in [3.8, 4) is 10.8 Å². The molecule has 6 nitrogen and oxygen atoms in total. The molecule has 1 aliphatic heterocycles. The molecular weight excluding hydrogens is 332 g/mol. The predicted molar refractivity (Wildman–Crippen MR) is 91.6 cm³/mol. The molecule has 1 aliphatic rings. The molecule has 0 N–H and O–H groups in total. The van der Waals surface area contributed by atoms with E-state index in [4.69, 9.17) is 16.6 Å². The third-order valence-corrected chi connectivity index (χ3v) is 5.00. The van der Waals surface area contributed by atoms with E-state index in [0.29, 0.717) is 17.4 Å². The van der Waals surface area contributed by atoms with Crippen molar-refractivity contribution >= 4 is 29.5 Å². The van der Waals surface area contributed by atoms with Crippen LogP contribution < -0.4 is 0 Å². The molecule has 3 rings (SSSR count). The lowest BCUT2D eigenvalue weighted by Crippen LogP contribution is -2.50. The van der Waals surface area contributed by atoms with Crippen LogP contribution in [0.3, 0.4) is 0 Å². The first kappa shape index (κ1) is 16.4. The van der Waals surface area contributed by atoms with Crippen molar-refractivity contribution in [1.29, 1.82) is 0 Å². The monoisotopic (exact) mass is 352 g/mol. The van der Waals surface area contributed by atoms with Crippen LogP contribution in [0.15, 0.2) is 21.9 Å². The van der Waals surface area contributed by atoms with E-state index in [1.54, 1.807) is 16.0 Å². The van der Waals surface area contributed by atoms with Gasteiger partial charge in [0.2, 0.25) is 5.91 Å². The average Bonchev–Trinajstić information content (AvgIpc) is 3.18. The zero-order valence-electron chi connectivity index (χ0n) is 13.3. The molecule has 23 heavy (non-hydrogen) atoms. The molecule has 0 saturated carbocycles. The highest BCUT2D eigenvalue weighted by Crippen LogP contribution is 2.23. The van der Waals surface area contributed by atoms with Crippen molar-refractivity contribution < 1.29 is 9.21 Å². The van der Waals surface area contributed by atoms with Crippen LogP contribution in [0.25, 0.3) is 10.8 Å². The molecule has 0 atom stereocenters. The molecule has 0 unspecified atom stereocenters. The Bertz CT molecular complexity index is 712. The second-order valence-corrected chi connectivity index (χ2v) is 7.19. The molecule has 1 saturated heterocycles. The van der Waals surface area contributed by atoms with Gasteiger partial charge < -0.3 is 9.32 Å². The summed E-state index contributed by atoms with van der Waals surface area (Å²) in [6.45, 7) is 7.62. The summed E-state index contributed by atoms with van der Waals surface area (Å²) in [6, 6.07) is 3.93. The molecule has 0 bridgehead atoms. The van der Waals surface area contributed by atoms with Gasteiger partial charge >= 0.3 is 0 Å². The average molecular weight is 352 g/mol. The van der Waals surface area contributed by atoms with E-state index in [9.17, 15) is 4.79 Å². The fourth-order valence-corrected chi connectivity index (χ4v) is 3.38. The highest BCUT2D eigenvalue weighted by molar-refractivity contribution is 7.71. The van der Waals surface area contributed by atoms with Crippen molar-refractivity contribution in [2.45, 2.75) is 20.5 Å². The summed E-state index contributed by atoms with van der Waals surface area (Å²) in [5, 5.41) is 6.45. The van der Waals surface area contributed by atoms with Gasteiger partial charge in [0, 0.05) is 32.1 Å². The van der Waals surface area contributed by atoms with Crippen LogP contribution >= 0.6 is 23.6 Å². The van der Waals surface area contributed by atoms with Gasteiger partial charge in [0.1, 0.15) is 0 Å². The van der Waals surface area contributed by atoms with Gasteiger partial charge in [0.15, 0.2) is 0 Å². The molecule has 0 aromatic carbocycles. The number of hydrogen-bond donors (Lipinski definition) is 0. The zero-order valence-corrected chi connectivity index (χ0v) is 14.9. The van der Waals surface area contributed by atoms with Gasteiger partial charge in [-0.1, -0.05) is 19.9 Å². The maximum absolute atomic E-state index is 12.0. The number of amides is 1.